The van der Waals surface area contributed by atoms with Gasteiger partial charge in [-0.1, -0.05) is 18.2 Å². The fraction of sp³-hybridized carbons (Fsp3) is 0.308. The molecule has 0 spiro atoms. The van der Waals surface area contributed by atoms with Gasteiger partial charge in [-0.05, 0) is 62.2 Å². The molecule has 0 aliphatic carbocycles. The quantitative estimate of drug-likeness (QED) is 0.465. The summed E-state index contributed by atoms with van der Waals surface area (Å²) in [7, 11) is 0.785. The molecule has 33 heavy (non-hydrogen) atoms. The Labute approximate surface area is 195 Å². The van der Waals surface area contributed by atoms with Crippen LogP contribution in [0.15, 0.2) is 73.3 Å². The molecule has 7 heteroatoms. The second-order valence-corrected chi connectivity index (χ2v) is 8.65. The van der Waals surface area contributed by atoms with Gasteiger partial charge >= 0.3 is 7.12 Å². The average molecular weight is 442 g/mol. The molecule has 0 amide bonds. The standard InChI is InChI=1S/C21H25N3.C5H6BNO2/c1-16-5-4-11-24(16)12-9-20-14-19-13-17(7-8-21(19)23(20)2)18-6-3-10-22-15-18;8-6(9)5-2-1-3-7-4-5/h3,6-8,10,13-16H,4-5,9,11-12H2,1-2H3;1-4,8-9H/t16-;/m1./s1. The summed E-state index contributed by atoms with van der Waals surface area (Å²) < 4.78 is 2.35. The first-order valence-electron chi connectivity index (χ1n) is 11.5. The summed E-state index contributed by atoms with van der Waals surface area (Å²) in [6.45, 7) is 4.78. The minimum atomic E-state index is -1.40. The molecule has 0 saturated carbocycles. The van der Waals surface area contributed by atoms with Gasteiger partial charge in [-0.3, -0.25) is 9.97 Å². The zero-order valence-electron chi connectivity index (χ0n) is 19.3. The number of aryl methyl sites for hydroxylation is 1. The molecule has 1 fully saturated rings. The Morgan fingerprint density at radius 3 is 2.39 bits per heavy atom. The number of hydrogen-bond donors (Lipinski definition) is 2. The number of pyridine rings is 2. The van der Waals surface area contributed by atoms with Gasteiger partial charge in [0.25, 0.3) is 0 Å². The van der Waals surface area contributed by atoms with Crippen LogP contribution < -0.4 is 5.46 Å². The topological polar surface area (TPSA) is 74.4 Å². The first kappa shape index (κ1) is 23.2. The van der Waals surface area contributed by atoms with Crippen LogP contribution in [0.4, 0.5) is 0 Å². The van der Waals surface area contributed by atoms with Gasteiger partial charge in [-0.15, -0.1) is 0 Å². The summed E-state index contributed by atoms with van der Waals surface area (Å²) in [6.07, 6.45) is 10.6. The first-order valence-corrected chi connectivity index (χ1v) is 11.5. The van der Waals surface area contributed by atoms with Crippen molar-refractivity contribution in [3.8, 4) is 11.1 Å². The molecule has 1 aliphatic rings. The SMILES string of the molecule is C[C@@H]1CCCN1CCc1cc2cc(-c3cccnc3)ccc2n1C.OB(O)c1cccnc1. The van der Waals surface area contributed by atoms with Gasteiger partial charge in [-0.25, -0.2) is 0 Å². The Kier molecular flexibility index (Phi) is 7.55. The average Bonchev–Trinajstić information content (AvgIpc) is 3.41. The van der Waals surface area contributed by atoms with E-state index in [1.54, 1.807) is 18.3 Å². The van der Waals surface area contributed by atoms with Crippen LogP contribution in [0.5, 0.6) is 0 Å². The normalized spacial score (nSPS) is 15.9. The third-order valence-corrected chi connectivity index (χ3v) is 6.46. The van der Waals surface area contributed by atoms with E-state index in [2.05, 4.69) is 63.7 Å². The summed E-state index contributed by atoms with van der Waals surface area (Å²) in [5.74, 6) is 0. The Bertz CT molecular complexity index is 1170. The number of aromatic nitrogens is 3. The van der Waals surface area contributed by atoms with Crippen molar-refractivity contribution in [3.05, 3.63) is 79.0 Å². The van der Waals surface area contributed by atoms with Crippen molar-refractivity contribution in [2.75, 3.05) is 13.1 Å². The molecule has 2 N–H and O–H groups in total. The molecule has 0 radical (unpaired) electrons. The summed E-state index contributed by atoms with van der Waals surface area (Å²) >= 11 is 0. The molecule has 1 aromatic carbocycles. The highest BCUT2D eigenvalue weighted by Gasteiger charge is 2.20. The van der Waals surface area contributed by atoms with Gasteiger partial charge < -0.3 is 19.5 Å². The lowest BCUT2D eigenvalue weighted by Gasteiger charge is -2.20. The smallest absolute Gasteiger partial charge is 0.423 e. The third-order valence-electron chi connectivity index (χ3n) is 6.46. The molecule has 3 aromatic heterocycles. The lowest BCUT2D eigenvalue weighted by molar-refractivity contribution is 0.271. The Morgan fingerprint density at radius 2 is 1.79 bits per heavy atom. The van der Waals surface area contributed by atoms with Crippen LogP contribution in [0.1, 0.15) is 25.5 Å². The van der Waals surface area contributed by atoms with Crippen LogP contribution in [-0.4, -0.2) is 55.7 Å². The highest BCUT2D eigenvalue weighted by Crippen LogP contribution is 2.26. The number of hydrogen-bond acceptors (Lipinski definition) is 5. The monoisotopic (exact) mass is 442 g/mol. The van der Waals surface area contributed by atoms with Crippen molar-refractivity contribution in [3.63, 3.8) is 0 Å². The van der Waals surface area contributed by atoms with Crippen molar-refractivity contribution in [2.24, 2.45) is 7.05 Å². The minimum Gasteiger partial charge on any atom is -0.423 e. The Balaban J connectivity index is 0.000000243. The van der Waals surface area contributed by atoms with Crippen molar-refractivity contribution in [1.82, 2.24) is 19.4 Å². The van der Waals surface area contributed by atoms with E-state index in [-0.39, 0.29) is 0 Å². The third kappa shape index (κ3) is 5.68. The van der Waals surface area contributed by atoms with Crippen LogP contribution in [0, 0.1) is 0 Å². The lowest BCUT2D eigenvalue weighted by atomic mass is 9.82. The van der Waals surface area contributed by atoms with E-state index in [4.69, 9.17) is 10.0 Å². The second kappa shape index (κ2) is 10.7. The molecule has 4 heterocycles. The molecule has 4 aromatic rings. The minimum absolute atomic E-state index is 0.414. The van der Waals surface area contributed by atoms with Crippen LogP contribution >= 0.6 is 0 Å². The molecule has 1 aliphatic heterocycles. The molecule has 1 atom stereocenters. The number of fused-ring (bicyclic) bond motifs is 1. The highest BCUT2D eigenvalue weighted by molar-refractivity contribution is 6.58. The maximum absolute atomic E-state index is 8.54. The summed E-state index contributed by atoms with van der Waals surface area (Å²) in [5.41, 5.74) is 5.56. The van der Waals surface area contributed by atoms with Crippen LogP contribution in [0.25, 0.3) is 22.0 Å². The number of rotatable bonds is 5. The number of benzene rings is 1. The largest absolute Gasteiger partial charge is 0.490 e. The van der Waals surface area contributed by atoms with Crippen LogP contribution in [-0.2, 0) is 13.5 Å². The predicted molar refractivity (Wildman–Crippen MR) is 134 cm³/mol. The molecule has 0 bridgehead atoms. The zero-order chi connectivity index (χ0) is 23.2. The first-order chi connectivity index (χ1) is 16.0. The summed E-state index contributed by atoms with van der Waals surface area (Å²) in [5, 5.41) is 18.4. The number of likely N-dealkylation sites (tertiary alicyclic amines) is 1. The van der Waals surface area contributed by atoms with Crippen molar-refractivity contribution >= 4 is 23.5 Å². The van der Waals surface area contributed by atoms with Gasteiger partial charge in [0.05, 0.1) is 0 Å². The van der Waals surface area contributed by atoms with Crippen LogP contribution in [0.3, 0.4) is 0 Å². The summed E-state index contributed by atoms with van der Waals surface area (Å²) in [4.78, 5) is 10.5. The lowest BCUT2D eigenvalue weighted by Crippen LogP contribution is -2.29. The fourth-order valence-corrected chi connectivity index (χ4v) is 4.47. The van der Waals surface area contributed by atoms with Gasteiger partial charge in [0.2, 0.25) is 0 Å². The van der Waals surface area contributed by atoms with E-state index in [1.165, 1.54) is 59.9 Å². The van der Waals surface area contributed by atoms with Crippen molar-refractivity contribution in [2.45, 2.75) is 32.2 Å². The van der Waals surface area contributed by atoms with Gasteiger partial charge in [0.1, 0.15) is 0 Å². The Hall–Kier alpha value is -3.00. The predicted octanol–water partition coefficient (Wildman–Crippen LogP) is 3.03. The van der Waals surface area contributed by atoms with Crippen molar-refractivity contribution in [1.29, 1.82) is 0 Å². The molecule has 0 unspecified atom stereocenters. The van der Waals surface area contributed by atoms with E-state index in [0.717, 1.165) is 12.5 Å². The number of nitrogens with zero attached hydrogens (tertiary/aromatic N) is 4. The molecule has 5 rings (SSSR count). The summed E-state index contributed by atoms with van der Waals surface area (Å²) in [6, 6.07) is 17.2. The highest BCUT2D eigenvalue weighted by atomic mass is 16.4. The van der Waals surface area contributed by atoms with Gasteiger partial charge in [0.15, 0.2) is 0 Å². The van der Waals surface area contributed by atoms with E-state index < -0.39 is 7.12 Å². The maximum Gasteiger partial charge on any atom is 0.490 e. The fourth-order valence-electron chi connectivity index (χ4n) is 4.47. The van der Waals surface area contributed by atoms with Crippen molar-refractivity contribution < 1.29 is 10.0 Å². The van der Waals surface area contributed by atoms with E-state index in [0.29, 0.717) is 5.46 Å². The zero-order valence-corrected chi connectivity index (χ0v) is 19.3. The second-order valence-electron chi connectivity index (χ2n) is 8.65. The molecular formula is C26H31BN4O2. The van der Waals surface area contributed by atoms with Crippen LogP contribution in [0.2, 0.25) is 0 Å². The molecule has 1 saturated heterocycles. The molecule has 170 valence electrons. The maximum atomic E-state index is 8.54. The van der Waals surface area contributed by atoms with E-state index in [9.17, 15) is 0 Å². The molecule has 6 nitrogen and oxygen atoms in total. The van der Waals surface area contributed by atoms with E-state index >= 15 is 0 Å². The van der Waals surface area contributed by atoms with Gasteiger partial charge in [0, 0.05) is 78.5 Å². The molecular weight excluding hydrogens is 411 g/mol. The van der Waals surface area contributed by atoms with E-state index in [1.807, 2.05) is 18.5 Å². The van der Waals surface area contributed by atoms with Gasteiger partial charge in [-0.2, -0.15) is 0 Å². The Morgan fingerprint density at radius 1 is 1.00 bits per heavy atom.